The summed E-state index contributed by atoms with van der Waals surface area (Å²) in [5, 5.41) is 2.93. The zero-order valence-corrected chi connectivity index (χ0v) is 18.6. The molecule has 0 aromatic heterocycles. The molecule has 0 aromatic carbocycles. The topological polar surface area (TPSA) is 67.4 Å². The minimum absolute atomic E-state index is 0.000248. The molecule has 0 fully saturated rings. The molecule has 0 aliphatic carbocycles. The first-order chi connectivity index (χ1) is 11.0. The average Bonchev–Trinajstić information content (AvgIpc) is 2.39. The van der Waals surface area contributed by atoms with E-state index in [0.29, 0.717) is 19.6 Å². The minimum Gasteiger partial charge on any atom is -0.375 e. The molecule has 142 valence electrons. The first-order valence-electron chi connectivity index (χ1n) is 8.46. The molecule has 0 bridgehead atoms. The maximum atomic E-state index is 12.0. The molecule has 7 heteroatoms. The van der Waals surface area contributed by atoms with Gasteiger partial charge < -0.3 is 10.1 Å². The number of unbranched alkanes of at least 4 members (excludes halogenated alkanes) is 1. The third-order valence-corrected chi connectivity index (χ3v) is 4.63. The van der Waals surface area contributed by atoms with Crippen LogP contribution in [0.2, 0.25) is 0 Å². The van der Waals surface area contributed by atoms with Gasteiger partial charge in [0.2, 0.25) is 5.91 Å². The van der Waals surface area contributed by atoms with E-state index in [1.165, 1.54) is 0 Å². The Kier molecular flexibility index (Phi) is 11.8. The highest BCUT2D eigenvalue weighted by Crippen LogP contribution is 2.20. The molecular formula is C17H33IN2O3S. The van der Waals surface area contributed by atoms with Crippen LogP contribution in [0, 0.1) is 0 Å². The summed E-state index contributed by atoms with van der Waals surface area (Å²) >= 11 is 6.48. The highest BCUT2D eigenvalue weighted by molar-refractivity contribution is 14.1. The molecule has 1 amide bonds. The van der Waals surface area contributed by atoms with Gasteiger partial charge in [0.25, 0.3) is 0 Å². The molecule has 0 rings (SSSR count). The van der Waals surface area contributed by atoms with Gasteiger partial charge in [-0.3, -0.25) is 13.1 Å². The molecule has 2 N–H and O–H groups in total. The van der Waals surface area contributed by atoms with E-state index in [1.807, 2.05) is 50.6 Å². The fraction of sp³-hybridized carbons (Fsp3) is 0.882. The molecular weight excluding hydrogens is 439 g/mol. The van der Waals surface area contributed by atoms with Crippen LogP contribution in [-0.2, 0) is 14.3 Å². The summed E-state index contributed by atoms with van der Waals surface area (Å²) in [6.45, 7) is 10.8. The van der Waals surface area contributed by atoms with Gasteiger partial charge in [0.05, 0.1) is 18.1 Å². The van der Waals surface area contributed by atoms with E-state index < -0.39 is 5.60 Å². The molecule has 1 unspecified atom stereocenters. The minimum atomic E-state index is -0.478. The van der Waals surface area contributed by atoms with Gasteiger partial charge in [-0.25, -0.2) is 0 Å². The highest BCUT2D eigenvalue weighted by atomic mass is 127. The van der Waals surface area contributed by atoms with Crippen LogP contribution in [0.5, 0.6) is 0 Å². The van der Waals surface area contributed by atoms with E-state index in [-0.39, 0.29) is 22.5 Å². The summed E-state index contributed by atoms with van der Waals surface area (Å²) in [4.78, 5) is 23.3. The van der Waals surface area contributed by atoms with Crippen molar-refractivity contribution in [1.82, 2.24) is 8.85 Å². The Morgan fingerprint density at radius 1 is 1.21 bits per heavy atom. The summed E-state index contributed by atoms with van der Waals surface area (Å²) in [5.41, 5.74) is -0.478. The number of halogens is 1. The Morgan fingerprint density at radius 3 is 2.33 bits per heavy atom. The van der Waals surface area contributed by atoms with E-state index >= 15 is 0 Å². The molecule has 0 aromatic rings. The van der Waals surface area contributed by atoms with Crippen molar-refractivity contribution in [2.24, 2.45) is 0 Å². The Bertz CT molecular complexity index is 398. The summed E-state index contributed by atoms with van der Waals surface area (Å²) in [6, 6.07) is -0.0929. The zero-order chi connectivity index (χ0) is 18.8. The third-order valence-electron chi connectivity index (χ3n) is 3.66. The lowest BCUT2D eigenvalue weighted by atomic mass is 10.0. The second kappa shape index (κ2) is 11.7. The first-order valence-corrected chi connectivity index (χ1v) is 9.99. The number of carbonyl (C=O) groups excluding carboxylic acids is 2. The highest BCUT2D eigenvalue weighted by Gasteiger charge is 2.23. The standard InChI is InChI=1S/C17H33IN2O3S/c1-13(21)14(20-18)8-6-7-10-19-15(22)12-16(2,3)23-11-9-17(4,5)24/h14,20,24H,6-12H2,1-5H3,(H,19,22). The largest absolute Gasteiger partial charge is 0.375 e. The Labute approximate surface area is 166 Å². The molecule has 5 nitrogen and oxygen atoms in total. The number of hydrogen-bond donors (Lipinski definition) is 3. The summed E-state index contributed by atoms with van der Waals surface area (Å²) in [7, 11) is 0. The Hall–Kier alpha value is 0.140. The number of ether oxygens (including phenoxy) is 1. The predicted molar refractivity (Wildman–Crippen MR) is 111 cm³/mol. The number of Topliss-reactive ketones (excluding diaryl/α,β-unsaturated/α-hetero) is 1. The number of thiol groups is 1. The first kappa shape index (κ1) is 24.1. The average molecular weight is 472 g/mol. The lowest BCUT2D eigenvalue weighted by Crippen LogP contribution is -2.35. The van der Waals surface area contributed by atoms with Crippen molar-refractivity contribution in [2.45, 2.75) is 83.1 Å². The van der Waals surface area contributed by atoms with Gasteiger partial charge in [0.1, 0.15) is 5.78 Å². The molecule has 0 spiro atoms. The molecule has 0 heterocycles. The SMILES string of the molecule is CC(=O)C(CCCCNC(=O)CC(C)(C)OCCC(C)(C)S)NI. The van der Waals surface area contributed by atoms with Crippen molar-refractivity contribution in [1.29, 1.82) is 0 Å². The van der Waals surface area contributed by atoms with E-state index in [2.05, 4.69) is 21.5 Å². The third kappa shape index (κ3) is 13.4. The Balaban J connectivity index is 3.90. The lowest BCUT2D eigenvalue weighted by molar-refractivity contribution is -0.127. The van der Waals surface area contributed by atoms with Crippen LogP contribution in [-0.4, -0.2) is 41.2 Å². The maximum Gasteiger partial charge on any atom is 0.222 e. The monoisotopic (exact) mass is 472 g/mol. The van der Waals surface area contributed by atoms with Crippen LogP contribution >= 0.6 is 35.5 Å². The van der Waals surface area contributed by atoms with Crippen molar-refractivity contribution in [3.8, 4) is 0 Å². The van der Waals surface area contributed by atoms with Gasteiger partial charge in [0.15, 0.2) is 0 Å². The van der Waals surface area contributed by atoms with Gasteiger partial charge in [0, 0.05) is 40.8 Å². The second-order valence-electron chi connectivity index (χ2n) is 7.47. The number of carbonyl (C=O) groups is 2. The van der Waals surface area contributed by atoms with Crippen molar-refractivity contribution in [3.05, 3.63) is 0 Å². The van der Waals surface area contributed by atoms with E-state index in [4.69, 9.17) is 4.74 Å². The van der Waals surface area contributed by atoms with Gasteiger partial charge in [-0.15, -0.1) is 0 Å². The van der Waals surface area contributed by atoms with Crippen molar-refractivity contribution in [2.75, 3.05) is 13.2 Å². The molecule has 0 aliphatic rings. The number of amides is 1. The second-order valence-corrected chi connectivity index (χ2v) is 9.30. The van der Waals surface area contributed by atoms with Crippen molar-refractivity contribution < 1.29 is 14.3 Å². The number of hydrogen-bond acceptors (Lipinski definition) is 5. The van der Waals surface area contributed by atoms with Gasteiger partial charge >= 0.3 is 0 Å². The number of rotatable bonds is 13. The fourth-order valence-electron chi connectivity index (χ4n) is 2.11. The molecule has 0 aliphatic heterocycles. The van der Waals surface area contributed by atoms with Crippen LogP contribution < -0.4 is 8.85 Å². The quantitative estimate of drug-likeness (QED) is 0.166. The van der Waals surface area contributed by atoms with Crippen LogP contribution in [0.15, 0.2) is 0 Å². The van der Waals surface area contributed by atoms with Gasteiger partial charge in [-0.1, -0.05) is 13.8 Å². The normalized spacial score (nSPS) is 13.6. The maximum absolute atomic E-state index is 12.0. The Morgan fingerprint density at radius 2 is 1.83 bits per heavy atom. The van der Waals surface area contributed by atoms with Crippen LogP contribution in [0.1, 0.15) is 66.7 Å². The predicted octanol–water partition coefficient (Wildman–Crippen LogP) is 3.45. The molecule has 0 radical (unpaired) electrons. The fourth-order valence-corrected chi connectivity index (χ4v) is 2.95. The zero-order valence-electron chi connectivity index (χ0n) is 15.6. The van der Waals surface area contributed by atoms with Crippen molar-refractivity contribution in [3.63, 3.8) is 0 Å². The van der Waals surface area contributed by atoms with Crippen LogP contribution in [0.25, 0.3) is 0 Å². The number of ketones is 1. The van der Waals surface area contributed by atoms with E-state index in [1.54, 1.807) is 6.92 Å². The summed E-state index contributed by atoms with van der Waals surface area (Å²) < 4.78 is 8.73. The molecule has 24 heavy (non-hydrogen) atoms. The van der Waals surface area contributed by atoms with E-state index in [9.17, 15) is 9.59 Å². The van der Waals surface area contributed by atoms with Crippen molar-refractivity contribution >= 4 is 47.2 Å². The number of nitrogens with one attached hydrogen (secondary N) is 2. The summed E-state index contributed by atoms with van der Waals surface area (Å²) in [6.07, 6.45) is 3.73. The molecule has 1 atom stereocenters. The van der Waals surface area contributed by atoms with Crippen LogP contribution in [0.3, 0.4) is 0 Å². The van der Waals surface area contributed by atoms with Gasteiger partial charge in [-0.05, 0) is 46.5 Å². The molecule has 0 saturated heterocycles. The lowest BCUT2D eigenvalue weighted by Gasteiger charge is -2.27. The van der Waals surface area contributed by atoms with Gasteiger partial charge in [-0.2, -0.15) is 12.6 Å². The smallest absolute Gasteiger partial charge is 0.222 e. The van der Waals surface area contributed by atoms with E-state index in [0.717, 1.165) is 25.7 Å². The summed E-state index contributed by atoms with van der Waals surface area (Å²) in [5.74, 6) is 0.150. The van der Waals surface area contributed by atoms with Crippen LogP contribution in [0.4, 0.5) is 0 Å². The molecule has 0 saturated carbocycles.